The van der Waals surface area contributed by atoms with Gasteiger partial charge in [-0.3, -0.25) is 0 Å². The molecule has 0 aliphatic carbocycles. The van der Waals surface area contributed by atoms with Crippen molar-refractivity contribution in [1.29, 1.82) is 0 Å². The molecule has 0 aromatic carbocycles. The van der Waals surface area contributed by atoms with E-state index >= 15 is 0 Å². The summed E-state index contributed by atoms with van der Waals surface area (Å²) in [5.41, 5.74) is 0. The maximum absolute atomic E-state index is 3.63. The highest BCUT2D eigenvalue weighted by Gasteiger charge is 1.95. The SMILES string of the molecule is [CH]1CC=CCCCCCCCCCCCCCCCCNCCCCC1. The van der Waals surface area contributed by atoms with Crippen molar-refractivity contribution in [3.05, 3.63) is 18.6 Å². The summed E-state index contributed by atoms with van der Waals surface area (Å²) in [6.45, 7) is 2.46. The van der Waals surface area contributed by atoms with Gasteiger partial charge in [0, 0.05) is 0 Å². The van der Waals surface area contributed by atoms with Gasteiger partial charge in [-0.05, 0) is 58.0 Å². The molecular weight excluding hydrogens is 314 g/mol. The van der Waals surface area contributed by atoms with Gasteiger partial charge >= 0.3 is 0 Å². The maximum atomic E-state index is 3.63. The topological polar surface area (TPSA) is 12.0 Å². The molecule has 1 heterocycles. The third kappa shape index (κ3) is 18.5. The molecule has 0 amide bonds. The third-order valence-corrected chi connectivity index (χ3v) is 5.71. The Labute approximate surface area is 165 Å². The van der Waals surface area contributed by atoms with Gasteiger partial charge in [0.15, 0.2) is 0 Å². The minimum Gasteiger partial charge on any atom is -0.317 e. The number of rotatable bonds is 0. The van der Waals surface area contributed by atoms with Gasteiger partial charge < -0.3 is 5.32 Å². The molecule has 0 atom stereocenters. The summed E-state index contributed by atoms with van der Waals surface area (Å²) in [6.07, 6.45) is 35.4. The molecule has 1 radical (unpaired) electrons. The largest absolute Gasteiger partial charge is 0.317 e. The highest BCUT2D eigenvalue weighted by Crippen LogP contribution is 2.13. The van der Waals surface area contributed by atoms with Gasteiger partial charge in [0.05, 0.1) is 0 Å². The molecule has 1 N–H and O–H groups in total. The van der Waals surface area contributed by atoms with E-state index in [1.165, 1.54) is 142 Å². The van der Waals surface area contributed by atoms with Crippen LogP contribution in [-0.2, 0) is 0 Å². The summed E-state index contributed by atoms with van der Waals surface area (Å²) in [5, 5.41) is 3.63. The van der Waals surface area contributed by atoms with Crippen LogP contribution in [0.3, 0.4) is 0 Å². The van der Waals surface area contributed by atoms with Crippen LogP contribution >= 0.6 is 0 Å². The second kappa shape index (κ2) is 21.0. The monoisotopic (exact) mass is 362 g/mol. The minimum absolute atomic E-state index is 1.18. The summed E-state index contributed by atoms with van der Waals surface area (Å²) in [5.74, 6) is 0. The smallest absolute Gasteiger partial charge is 0.00489 e. The van der Waals surface area contributed by atoms with Crippen LogP contribution in [0.25, 0.3) is 0 Å². The lowest BCUT2D eigenvalue weighted by Gasteiger charge is -2.05. The maximum Gasteiger partial charge on any atom is -0.00489 e. The lowest BCUT2D eigenvalue weighted by Crippen LogP contribution is -2.16. The fraction of sp³-hybridized carbons (Fsp3) is 0.880. The normalized spacial score (nSPS) is 23.4. The molecule has 0 bridgehead atoms. The first kappa shape index (κ1) is 23.7. The molecule has 0 aromatic heterocycles. The second-order valence-corrected chi connectivity index (χ2v) is 8.33. The van der Waals surface area contributed by atoms with E-state index in [-0.39, 0.29) is 0 Å². The standard InChI is InChI=1S/C25H48N/c1-2-4-6-8-10-12-14-16-18-20-22-24-26-25-23-21-19-17-15-13-11-9-7-5-3-1/h8,10,14,26H,1-7,9,11-13,15-25H2. The van der Waals surface area contributed by atoms with Gasteiger partial charge in [0.25, 0.3) is 0 Å². The highest BCUT2D eigenvalue weighted by atomic mass is 14.8. The van der Waals surface area contributed by atoms with Crippen molar-refractivity contribution < 1.29 is 0 Å². The lowest BCUT2D eigenvalue weighted by atomic mass is 10.0. The summed E-state index contributed by atoms with van der Waals surface area (Å²) in [4.78, 5) is 0. The summed E-state index contributed by atoms with van der Waals surface area (Å²) < 4.78 is 0. The molecule has 1 heteroatoms. The van der Waals surface area contributed by atoms with Gasteiger partial charge in [-0.25, -0.2) is 0 Å². The van der Waals surface area contributed by atoms with Crippen LogP contribution in [0.4, 0.5) is 0 Å². The average Bonchev–Trinajstić information content (AvgIpc) is 2.65. The Morgan fingerprint density at radius 1 is 0.385 bits per heavy atom. The predicted molar refractivity (Wildman–Crippen MR) is 119 cm³/mol. The van der Waals surface area contributed by atoms with Crippen LogP contribution in [0, 0.1) is 6.42 Å². The van der Waals surface area contributed by atoms with E-state index in [9.17, 15) is 0 Å². The zero-order valence-corrected chi connectivity index (χ0v) is 17.8. The minimum atomic E-state index is 1.18. The summed E-state index contributed by atoms with van der Waals surface area (Å²) >= 11 is 0. The molecule has 26 heavy (non-hydrogen) atoms. The first-order valence-corrected chi connectivity index (χ1v) is 12.2. The van der Waals surface area contributed by atoms with E-state index < -0.39 is 0 Å². The molecule has 0 saturated carbocycles. The van der Waals surface area contributed by atoms with E-state index in [0.717, 1.165) is 0 Å². The number of hydrogen-bond donors (Lipinski definition) is 1. The quantitative estimate of drug-likeness (QED) is 0.429. The Balaban J connectivity index is 2.04. The fourth-order valence-electron chi connectivity index (χ4n) is 3.90. The van der Waals surface area contributed by atoms with Crippen molar-refractivity contribution in [3.63, 3.8) is 0 Å². The molecule has 1 nitrogen and oxygen atoms in total. The predicted octanol–water partition coefficient (Wildman–Crippen LogP) is 8.15. The first-order valence-electron chi connectivity index (χ1n) is 12.2. The van der Waals surface area contributed by atoms with E-state index in [2.05, 4.69) is 23.9 Å². The Kier molecular flexibility index (Phi) is 19.2. The average molecular weight is 363 g/mol. The van der Waals surface area contributed by atoms with E-state index in [0.29, 0.717) is 0 Å². The van der Waals surface area contributed by atoms with Crippen molar-refractivity contribution >= 4 is 0 Å². The van der Waals surface area contributed by atoms with E-state index in [1.54, 1.807) is 0 Å². The summed E-state index contributed by atoms with van der Waals surface area (Å²) in [7, 11) is 0. The molecule has 0 aromatic rings. The van der Waals surface area contributed by atoms with Crippen molar-refractivity contribution in [2.24, 2.45) is 0 Å². The molecule has 1 rings (SSSR count). The molecule has 0 fully saturated rings. The van der Waals surface area contributed by atoms with Gasteiger partial charge in [0.1, 0.15) is 0 Å². The third-order valence-electron chi connectivity index (χ3n) is 5.71. The Morgan fingerprint density at radius 3 is 1.38 bits per heavy atom. The van der Waals surface area contributed by atoms with Crippen molar-refractivity contribution in [2.75, 3.05) is 13.1 Å². The van der Waals surface area contributed by atoms with Gasteiger partial charge in [-0.2, -0.15) is 0 Å². The molecule has 0 saturated heterocycles. The number of nitrogens with one attached hydrogen (secondary N) is 1. The first-order chi connectivity index (χ1) is 13.0. The Hall–Kier alpha value is -0.300. The molecule has 1 aliphatic heterocycles. The lowest BCUT2D eigenvalue weighted by molar-refractivity contribution is 0.524. The zero-order valence-electron chi connectivity index (χ0n) is 17.8. The van der Waals surface area contributed by atoms with Crippen molar-refractivity contribution in [3.8, 4) is 0 Å². The van der Waals surface area contributed by atoms with Crippen LogP contribution in [-0.4, -0.2) is 13.1 Å². The van der Waals surface area contributed by atoms with Crippen LogP contribution < -0.4 is 5.32 Å². The number of allylic oxidation sites excluding steroid dienone is 2. The van der Waals surface area contributed by atoms with E-state index in [1.807, 2.05) is 0 Å². The van der Waals surface area contributed by atoms with Crippen LogP contribution in [0.15, 0.2) is 12.2 Å². The van der Waals surface area contributed by atoms with Gasteiger partial charge in [-0.1, -0.05) is 102 Å². The number of hydrogen-bond acceptors (Lipinski definition) is 1. The highest BCUT2D eigenvalue weighted by molar-refractivity contribution is 4.86. The Morgan fingerprint density at radius 2 is 0.808 bits per heavy atom. The zero-order chi connectivity index (χ0) is 18.4. The molecule has 1 aliphatic rings. The van der Waals surface area contributed by atoms with Gasteiger partial charge in [0.2, 0.25) is 0 Å². The molecule has 0 unspecified atom stereocenters. The van der Waals surface area contributed by atoms with Gasteiger partial charge in [-0.15, -0.1) is 0 Å². The summed E-state index contributed by atoms with van der Waals surface area (Å²) in [6, 6.07) is 0. The van der Waals surface area contributed by atoms with Crippen LogP contribution in [0.1, 0.15) is 128 Å². The van der Waals surface area contributed by atoms with Crippen molar-refractivity contribution in [1.82, 2.24) is 5.32 Å². The fourth-order valence-corrected chi connectivity index (χ4v) is 3.90. The molecule has 153 valence electrons. The van der Waals surface area contributed by atoms with E-state index in [4.69, 9.17) is 0 Å². The van der Waals surface area contributed by atoms with Crippen LogP contribution in [0.5, 0.6) is 0 Å². The van der Waals surface area contributed by atoms with Crippen molar-refractivity contribution in [2.45, 2.75) is 128 Å². The van der Waals surface area contributed by atoms with Crippen LogP contribution in [0.2, 0.25) is 0 Å². The Bertz CT molecular complexity index is 256. The molecular formula is C25H48N. The second-order valence-electron chi connectivity index (χ2n) is 8.33. The molecule has 0 spiro atoms.